The number of rotatable bonds is 9. The molecule has 0 aliphatic heterocycles. The van der Waals surface area contributed by atoms with Crippen molar-refractivity contribution in [3.8, 4) is 5.75 Å². The highest BCUT2D eigenvalue weighted by Gasteiger charge is 2.28. The molecule has 12 heteroatoms. The summed E-state index contributed by atoms with van der Waals surface area (Å²) in [7, 11) is 0. The topological polar surface area (TPSA) is 93.5 Å². The van der Waals surface area contributed by atoms with Crippen molar-refractivity contribution in [3.63, 3.8) is 0 Å². The first-order valence-electron chi connectivity index (χ1n) is 6.28. The van der Waals surface area contributed by atoms with Crippen molar-refractivity contribution in [3.05, 3.63) is 39.5 Å². The van der Waals surface area contributed by atoms with Crippen LogP contribution in [-0.4, -0.2) is 38.9 Å². The fourth-order valence-electron chi connectivity index (χ4n) is 1.34. The van der Waals surface area contributed by atoms with E-state index in [2.05, 4.69) is 14.8 Å². The molecule has 1 aromatic carbocycles. The van der Waals surface area contributed by atoms with Crippen molar-refractivity contribution in [2.45, 2.75) is 0 Å². The molecule has 0 aromatic heterocycles. The molecule has 0 fully saturated rings. The van der Waals surface area contributed by atoms with Crippen LogP contribution in [0.4, 0.5) is 22.0 Å². The Hall–Kier alpha value is -2.43. The first-order valence-corrected chi connectivity index (χ1v) is 6.28. The zero-order valence-electron chi connectivity index (χ0n) is 11.9. The first-order chi connectivity index (χ1) is 11.4. The molecule has 0 saturated heterocycles. The Bertz CT molecular complexity index is 623. The lowest BCUT2D eigenvalue weighted by molar-refractivity contribution is -0.140. The van der Waals surface area contributed by atoms with Crippen LogP contribution < -0.4 is 4.74 Å². The number of carbonyl (C=O) groups is 1. The maximum absolute atomic E-state index is 13.3. The van der Waals surface area contributed by atoms with Crippen molar-refractivity contribution in [1.29, 1.82) is 0 Å². The van der Waals surface area contributed by atoms with Gasteiger partial charge in [-0.3, -0.25) is 0 Å². The summed E-state index contributed by atoms with van der Waals surface area (Å²) >= 11 is 0. The second-order valence-corrected chi connectivity index (χ2v) is 3.99. The maximum atomic E-state index is 13.3. The van der Waals surface area contributed by atoms with E-state index in [1.54, 1.807) is 0 Å². The quantitative estimate of drug-likeness (QED) is 0.0783. The SMILES string of the molecule is [N-]=[N+]=NCCOCCOCC(=O)Oc1c(F)c(F)c(F)c(F)c1F. The Morgan fingerprint density at radius 2 is 1.46 bits per heavy atom. The van der Waals surface area contributed by atoms with E-state index < -0.39 is 47.4 Å². The van der Waals surface area contributed by atoms with Gasteiger partial charge in [0.2, 0.25) is 34.8 Å². The minimum atomic E-state index is -2.36. The zero-order chi connectivity index (χ0) is 18.1. The van der Waals surface area contributed by atoms with Gasteiger partial charge in [0, 0.05) is 11.5 Å². The number of halogens is 5. The molecule has 132 valence electrons. The lowest BCUT2D eigenvalue weighted by Crippen LogP contribution is -2.20. The average Bonchev–Trinajstić information content (AvgIpc) is 2.57. The number of azide groups is 1. The van der Waals surface area contributed by atoms with Gasteiger partial charge >= 0.3 is 5.97 Å². The summed E-state index contributed by atoms with van der Waals surface area (Å²) in [5.41, 5.74) is 7.98. The van der Waals surface area contributed by atoms with Crippen molar-refractivity contribution >= 4 is 5.97 Å². The highest BCUT2D eigenvalue weighted by molar-refractivity contribution is 5.73. The molecule has 1 aromatic rings. The summed E-state index contributed by atoms with van der Waals surface area (Å²) in [5, 5.41) is 3.18. The van der Waals surface area contributed by atoms with Gasteiger partial charge in [0.05, 0.1) is 19.8 Å². The van der Waals surface area contributed by atoms with Crippen molar-refractivity contribution < 1.29 is 41.0 Å². The Balaban J connectivity index is 2.45. The van der Waals surface area contributed by atoms with E-state index in [1.165, 1.54) is 0 Å². The van der Waals surface area contributed by atoms with Crippen LogP contribution in [0.2, 0.25) is 0 Å². The van der Waals surface area contributed by atoms with Crippen molar-refractivity contribution in [2.75, 3.05) is 33.0 Å². The Morgan fingerprint density at radius 3 is 2.04 bits per heavy atom. The van der Waals surface area contributed by atoms with Crippen molar-refractivity contribution in [1.82, 2.24) is 0 Å². The summed E-state index contributed by atoms with van der Waals surface area (Å²) in [5.74, 6) is -14.4. The van der Waals surface area contributed by atoms with Gasteiger partial charge in [-0.2, -0.15) is 8.78 Å². The minimum absolute atomic E-state index is 0.0107. The van der Waals surface area contributed by atoms with Crippen LogP contribution in [0.25, 0.3) is 10.4 Å². The molecule has 0 radical (unpaired) electrons. The molecule has 0 N–H and O–H groups in total. The first kappa shape index (κ1) is 19.6. The molecule has 0 bridgehead atoms. The molecular formula is C12H10F5N3O4. The highest BCUT2D eigenvalue weighted by atomic mass is 19.2. The van der Waals surface area contributed by atoms with Gasteiger partial charge in [0.15, 0.2) is 0 Å². The van der Waals surface area contributed by atoms with E-state index in [0.717, 1.165) is 0 Å². The van der Waals surface area contributed by atoms with Gasteiger partial charge in [-0.15, -0.1) is 0 Å². The third-order valence-electron chi connectivity index (χ3n) is 2.38. The Labute approximate surface area is 131 Å². The average molecular weight is 355 g/mol. The van der Waals surface area contributed by atoms with Crippen molar-refractivity contribution in [2.24, 2.45) is 5.11 Å². The van der Waals surface area contributed by atoms with E-state index in [0.29, 0.717) is 0 Å². The van der Waals surface area contributed by atoms with Gasteiger partial charge in [-0.1, -0.05) is 5.11 Å². The number of hydrogen-bond acceptors (Lipinski definition) is 5. The molecule has 1 rings (SSSR count). The van der Waals surface area contributed by atoms with Crippen LogP contribution in [0, 0.1) is 29.1 Å². The molecule has 0 atom stereocenters. The van der Waals surface area contributed by atoms with Gasteiger partial charge < -0.3 is 14.2 Å². The lowest BCUT2D eigenvalue weighted by Gasteiger charge is -2.09. The monoisotopic (exact) mass is 355 g/mol. The normalized spacial score (nSPS) is 10.4. The van der Waals surface area contributed by atoms with E-state index in [4.69, 9.17) is 15.0 Å². The Morgan fingerprint density at radius 1 is 0.917 bits per heavy atom. The fraction of sp³-hybridized carbons (Fsp3) is 0.417. The summed E-state index contributed by atoms with van der Waals surface area (Å²) in [6, 6.07) is 0. The molecule has 0 spiro atoms. The largest absolute Gasteiger partial charge is 0.418 e. The minimum Gasteiger partial charge on any atom is -0.418 e. The van der Waals surface area contributed by atoms with Crippen LogP contribution in [0.3, 0.4) is 0 Å². The second kappa shape index (κ2) is 9.65. The lowest BCUT2D eigenvalue weighted by atomic mass is 10.2. The van der Waals surface area contributed by atoms with Crippen LogP contribution in [0.15, 0.2) is 5.11 Å². The number of hydrogen-bond donors (Lipinski definition) is 0. The van der Waals surface area contributed by atoms with E-state index in [1.807, 2.05) is 0 Å². The number of benzene rings is 1. The molecular weight excluding hydrogens is 345 g/mol. The zero-order valence-corrected chi connectivity index (χ0v) is 11.9. The van der Waals surface area contributed by atoms with E-state index in [-0.39, 0.29) is 26.4 Å². The Kier molecular flexibility index (Phi) is 7.89. The second-order valence-electron chi connectivity index (χ2n) is 3.99. The predicted molar refractivity (Wildman–Crippen MR) is 67.5 cm³/mol. The summed E-state index contributed by atoms with van der Waals surface area (Å²) < 4.78 is 78.9. The molecule has 0 heterocycles. The number of ether oxygens (including phenoxy) is 3. The molecule has 0 aliphatic carbocycles. The molecule has 7 nitrogen and oxygen atoms in total. The van der Waals surface area contributed by atoms with Crippen LogP contribution in [0.5, 0.6) is 5.75 Å². The summed E-state index contributed by atoms with van der Waals surface area (Å²) in [4.78, 5) is 13.8. The van der Waals surface area contributed by atoms with Gasteiger partial charge in [0.25, 0.3) is 0 Å². The van der Waals surface area contributed by atoms with Gasteiger partial charge in [-0.25, -0.2) is 18.0 Å². The van der Waals surface area contributed by atoms with Crippen LogP contribution >= 0.6 is 0 Å². The number of nitrogens with zero attached hydrogens (tertiary/aromatic N) is 3. The standard InChI is InChI=1S/C12H10F5N3O4/c13-7-8(14)10(16)12(11(17)9(7)15)24-6(21)5-23-4-3-22-2-1-19-20-18/h1-5H2. The molecule has 0 aliphatic rings. The molecule has 0 saturated carbocycles. The highest BCUT2D eigenvalue weighted by Crippen LogP contribution is 2.29. The molecule has 0 amide bonds. The summed E-state index contributed by atoms with van der Waals surface area (Å²) in [6.07, 6.45) is 0. The number of esters is 1. The maximum Gasteiger partial charge on any atom is 0.337 e. The molecule has 0 unspecified atom stereocenters. The number of carbonyl (C=O) groups excluding carboxylic acids is 1. The third-order valence-corrected chi connectivity index (χ3v) is 2.38. The van der Waals surface area contributed by atoms with Gasteiger partial charge in [0.1, 0.15) is 6.61 Å². The van der Waals surface area contributed by atoms with Crippen LogP contribution in [0.1, 0.15) is 0 Å². The molecule has 24 heavy (non-hydrogen) atoms. The fourth-order valence-corrected chi connectivity index (χ4v) is 1.34. The summed E-state index contributed by atoms with van der Waals surface area (Å²) in [6.45, 7) is -0.709. The van der Waals surface area contributed by atoms with E-state index in [9.17, 15) is 26.7 Å². The van der Waals surface area contributed by atoms with Crippen LogP contribution in [-0.2, 0) is 14.3 Å². The third kappa shape index (κ3) is 5.33. The van der Waals surface area contributed by atoms with Gasteiger partial charge in [-0.05, 0) is 5.53 Å². The predicted octanol–water partition coefficient (Wildman–Crippen LogP) is 2.63. The smallest absolute Gasteiger partial charge is 0.337 e. The van der Waals surface area contributed by atoms with E-state index >= 15 is 0 Å².